The van der Waals surface area contributed by atoms with Crippen molar-refractivity contribution >= 4 is 11.8 Å². The Labute approximate surface area is 136 Å². The van der Waals surface area contributed by atoms with Gasteiger partial charge in [0.2, 0.25) is 5.91 Å². The number of aliphatic hydroxyl groups is 2. The van der Waals surface area contributed by atoms with Gasteiger partial charge in [-0.2, -0.15) is 0 Å². The molecule has 1 aromatic rings. The number of benzene rings is 1. The fourth-order valence-electron chi connectivity index (χ4n) is 2.46. The molecule has 1 saturated heterocycles. The average Bonchev–Trinajstić information content (AvgIpc) is 2.83. The van der Waals surface area contributed by atoms with E-state index in [1.807, 2.05) is 12.1 Å². The lowest BCUT2D eigenvalue weighted by Crippen LogP contribution is -2.39. The quantitative estimate of drug-likeness (QED) is 0.746. The summed E-state index contributed by atoms with van der Waals surface area (Å²) in [5, 5.41) is 21.4. The van der Waals surface area contributed by atoms with Gasteiger partial charge in [0.25, 0.3) is 5.91 Å². The molecule has 6 nitrogen and oxygen atoms in total. The molecule has 1 heterocycles. The standard InChI is InChI=1S/C17H24N2O4/c1-17(2,3)12-6-4-11(5-7-12)16(23)18-8-15(22)19-9-13(20)14(21)10-19/h4-7,13-14,20-21H,8-10H2,1-3H3,(H,18,23)/t13-,14+. The minimum absolute atomic E-state index is 0.0163. The molecule has 1 aliphatic rings. The molecular weight excluding hydrogens is 296 g/mol. The van der Waals surface area contributed by atoms with Crippen molar-refractivity contribution in [2.75, 3.05) is 19.6 Å². The molecule has 2 rings (SSSR count). The van der Waals surface area contributed by atoms with Crippen molar-refractivity contribution in [2.24, 2.45) is 0 Å². The summed E-state index contributed by atoms with van der Waals surface area (Å²) in [6.45, 7) is 6.32. The van der Waals surface area contributed by atoms with Crippen molar-refractivity contribution in [3.63, 3.8) is 0 Å². The smallest absolute Gasteiger partial charge is 0.251 e. The largest absolute Gasteiger partial charge is 0.388 e. The van der Waals surface area contributed by atoms with Gasteiger partial charge in [0.15, 0.2) is 0 Å². The number of hydrogen-bond donors (Lipinski definition) is 3. The maximum absolute atomic E-state index is 12.1. The average molecular weight is 320 g/mol. The van der Waals surface area contributed by atoms with Gasteiger partial charge in [-0.05, 0) is 23.1 Å². The molecule has 126 valence electrons. The maximum Gasteiger partial charge on any atom is 0.251 e. The van der Waals surface area contributed by atoms with Crippen LogP contribution in [0.1, 0.15) is 36.7 Å². The fraction of sp³-hybridized carbons (Fsp3) is 0.529. The Kier molecular flexibility index (Phi) is 5.06. The lowest BCUT2D eigenvalue weighted by atomic mass is 9.87. The van der Waals surface area contributed by atoms with Crippen molar-refractivity contribution < 1.29 is 19.8 Å². The molecule has 3 N–H and O–H groups in total. The van der Waals surface area contributed by atoms with Gasteiger partial charge in [-0.3, -0.25) is 9.59 Å². The van der Waals surface area contributed by atoms with Crippen molar-refractivity contribution in [1.82, 2.24) is 10.2 Å². The highest BCUT2D eigenvalue weighted by Crippen LogP contribution is 2.22. The van der Waals surface area contributed by atoms with E-state index in [1.54, 1.807) is 12.1 Å². The van der Waals surface area contributed by atoms with Crippen molar-refractivity contribution in [3.05, 3.63) is 35.4 Å². The van der Waals surface area contributed by atoms with Crippen molar-refractivity contribution in [2.45, 2.75) is 38.4 Å². The van der Waals surface area contributed by atoms with E-state index in [2.05, 4.69) is 26.1 Å². The number of carbonyl (C=O) groups is 2. The van der Waals surface area contributed by atoms with Gasteiger partial charge in [-0.25, -0.2) is 0 Å². The van der Waals surface area contributed by atoms with Crippen LogP contribution in [-0.2, 0) is 10.2 Å². The number of β-amino-alcohol motifs (C(OH)–C–C–N with tert-alkyl or cyclic N) is 2. The summed E-state index contributed by atoms with van der Waals surface area (Å²) in [7, 11) is 0. The first-order valence-corrected chi connectivity index (χ1v) is 7.71. The molecule has 2 atom stereocenters. The molecule has 0 aromatic heterocycles. The molecule has 2 amide bonds. The van der Waals surface area contributed by atoms with E-state index in [4.69, 9.17) is 0 Å². The SMILES string of the molecule is CC(C)(C)c1ccc(C(=O)NCC(=O)N2C[C@@H](O)[C@@H](O)C2)cc1. The van der Waals surface area contributed by atoms with E-state index in [0.717, 1.165) is 5.56 Å². The minimum Gasteiger partial charge on any atom is -0.388 e. The van der Waals surface area contributed by atoms with Crippen molar-refractivity contribution in [3.8, 4) is 0 Å². The Hall–Kier alpha value is -1.92. The zero-order valence-corrected chi connectivity index (χ0v) is 13.7. The Morgan fingerprint density at radius 2 is 1.65 bits per heavy atom. The Bertz CT molecular complexity index is 567. The van der Waals surface area contributed by atoms with Crippen LogP contribution in [0.2, 0.25) is 0 Å². The Morgan fingerprint density at radius 3 is 2.13 bits per heavy atom. The Balaban J connectivity index is 1.89. The van der Waals surface area contributed by atoms with Gasteiger partial charge in [0.05, 0.1) is 18.8 Å². The van der Waals surface area contributed by atoms with Crippen LogP contribution in [0, 0.1) is 0 Å². The topological polar surface area (TPSA) is 89.9 Å². The predicted molar refractivity (Wildman–Crippen MR) is 86.1 cm³/mol. The highest BCUT2D eigenvalue weighted by molar-refractivity contribution is 5.96. The molecule has 0 spiro atoms. The van der Waals surface area contributed by atoms with E-state index in [-0.39, 0.29) is 36.9 Å². The molecule has 0 aliphatic carbocycles. The molecule has 0 radical (unpaired) electrons. The maximum atomic E-state index is 12.1. The van der Waals surface area contributed by atoms with Gasteiger partial charge in [-0.1, -0.05) is 32.9 Å². The summed E-state index contributed by atoms with van der Waals surface area (Å²) in [6, 6.07) is 7.29. The van der Waals surface area contributed by atoms with E-state index < -0.39 is 12.2 Å². The number of amides is 2. The van der Waals surface area contributed by atoms with Crippen LogP contribution in [0.4, 0.5) is 0 Å². The summed E-state index contributed by atoms with van der Waals surface area (Å²) in [6.07, 6.45) is -1.83. The van der Waals surface area contributed by atoms with Gasteiger partial charge < -0.3 is 20.4 Å². The molecular formula is C17H24N2O4. The van der Waals surface area contributed by atoms with E-state index in [1.165, 1.54) is 4.90 Å². The van der Waals surface area contributed by atoms with Gasteiger partial charge in [0, 0.05) is 18.7 Å². The lowest BCUT2D eigenvalue weighted by Gasteiger charge is -2.19. The van der Waals surface area contributed by atoms with Crippen LogP contribution >= 0.6 is 0 Å². The third kappa shape index (κ3) is 4.30. The highest BCUT2D eigenvalue weighted by Gasteiger charge is 2.32. The third-order valence-electron chi connectivity index (χ3n) is 4.03. The number of carbonyl (C=O) groups excluding carboxylic acids is 2. The van der Waals surface area contributed by atoms with Gasteiger partial charge in [-0.15, -0.1) is 0 Å². The second-order valence-corrected chi connectivity index (χ2v) is 6.94. The first kappa shape index (κ1) is 17.4. The van der Waals surface area contributed by atoms with Crippen LogP contribution in [0.5, 0.6) is 0 Å². The number of likely N-dealkylation sites (tertiary alicyclic amines) is 1. The van der Waals surface area contributed by atoms with Gasteiger partial charge >= 0.3 is 0 Å². The molecule has 1 aromatic carbocycles. The number of aliphatic hydroxyl groups excluding tert-OH is 2. The van der Waals surface area contributed by atoms with Crippen LogP contribution in [0.25, 0.3) is 0 Å². The predicted octanol–water partition coefficient (Wildman–Crippen LogP) is 0.278. The molecule has 0 saturated carbocycles. The first-order chi connectivity index (χ1) is 10.7. The van der Waals surface area contributed by atoms with E-state index >= 15 is 0 Å². The number of rotatable bonds is 3. The monoisotopic (exact) mass is 320 g/mol. The second-order valence-electron chi connectivity index (χ2n) is 6.94. The Morgan fingerprint density at radius 1 is 1.13 bits per heavy atom. The molecule has 0 bridgehead atoms. The normalized spacial score (nSPS) is 21.3. The molecule has 1 aliphatic heterocycles. The van der Waals surface area contributed by atoms with Crippen molar-refractivity contribution in [1.29, 1.82) is 0 Å². The molecule has 0 unspecified atom stereocenters. The van der Waals surface area contributed by atoms with Crippen LogP contribution in [0.3, 0.4) is 0 Å². The molecule has 6 heteroatoms. The number of nitrogens with zero attached hydrogens (tertiary/aromatic N) is 1. The fourth-order valence-corrected chi connectivity index (χ4v) is 2.46. The number of nitrogens with one attached hydrogen (secondary N) is 1. The van der Waals surface area contributed by atoms with E-state index in [9.17, 15) is 19.8 Å². The number of hydrogen-bond acceptors (Lipinski definition) is 4. The summed E-state index contributed by atoms with van der Waals surface area (Å²) >= 11 is 0. The summed E-state index contributed by atoms with van der Waals surface area (Å²) in [4.78, 5) is 25.4. The summed E-state index contributed by atoms with van der Waals surface area (Å²) < 4.78 is 0. The van der Waals surface area contributed by atoms with E-state index in [0.29, 0.717) is 5.56 Å². The van der Waals surface area contributed by atoms with Crippen LogP contribution < -0.4 is 5.32 Å². The second kappa shape index (κ2) is 6.68. The molecule has 1 fully saturated rings. The zero-order valence-electron chi connectivity index (χ0n) is 13.7. The highest BCUT2D eigenvalue weighted by atomic mass is 16.3. The lowest BCUT2D eigenvalue weighted by molar-refractivity contribution is -0.129. The summed E-state index contributed by atoms with van der Waals surface area (Å²) in [5.41, 5.74) is 1.64. The first-order valence-electron chi connectivity index (χ1n) is 7.71. The minimum atomic E-state index is -0.917. The zero-order chi connectivity index (χ0) is 17.2. The molecule has 23 heavy (non-hydrogen) atoms. The van der Waals surface area contributed by atoms with Gasteiger partial charge in [0.1, 0.15) is 0 Å². The summed E-state index contributed by atoms with van der Waals surface area (Å²) in [5.74, 6) is -0.639. The van der Waals surface area contributed by atoms with Crippen LogP contribution in [0.15, 0.2) is 24.3 Å². The van der Waals surface area contributed by atoms with Crippen LogP contribution in [-0.4, -0.2) is 58.8 Å². The third-order valence-corrected chi connectivity index (χ3v) is 4.03.